The number of aromatic nitrogens is 7. The van der Waals surface area contributed by atoms with Gasteiger partial charge in [0.2, 0.25) is 5.95 Å². The summed E-state index contributed by atoms with van der Waals surface area (Å²) in [6, 6.07) is 8.00. The first-order valence-electron chi connectivity index (χ1n) is 9.80. The monoisotopic (exact) mass is 384 g/mol. The SMILES string of the molecule is [B]C(C)CC1CCc2cc(-c3ccnc(Nc4ccnn4C)n3)cc3nnc1n23. The maximum absolute atomic E-state index is 6.03. The maximum atomic E-state index is 6.03. The molecular formula is C20H21BN8. The third-order valence-corrected chi connectivity index (χ3v) is 5.39. The van der Waals surface area contributed by atoms with Crippen molar-refractivity contribution in [1.82, 2.24) is 34.3 Å². The molecule has 8 nitrogen and oxygen atoms in total. The molecule has 2 unspecified atom stereocenters. The number of nitrogens with one attached hydrogen (secondary N) is 1. The first kappa shape index (κ1) is 17.8. The maximum Gasteiger partial charge on any atom is 0.228 e. The van der Waals surface area contributed by atoms with Gasteiger partial charge in [0.05, 0.1) is 19.7 Å². The average molecular weight is 384 g/mol. The van der Waals surface area contributed by atoms with Crippen LogP contribution < -0.4 is 5.32 Å². The Hall–Kier alpha value is -3.23. The summed E-state index contributed by atoms with van der Waals surface area (Å²) >= 11 is 0. The molecule has 0 saturated carbocycles. The first-order valence-corrected chi connectivity index (χ1v) is 9.80. The Balaban J connectivity index is 1.51. The Kier molecular flexibility index (Phi) is 4.30. The topological polar surface area (TPSA) is 85.8 Å². The van der Waals surface area contributed by atoms with Crippen LogP contribution in [0.3, 0.4) is 0 Å². The summed E-state index contributed by atoms with van der Waals surface area (Å²) in [4.78, 5) is 9.01. The fourth-order valence-corrected chi connectivity index (χ4v) is 4.03. The van der Waals surface area contributed by atoms with E-state index in [-0.39, 0.29) is 5.82 Å². The van der Waals surface area contributed by atoms with E-state index in [9.17, 15) is 0 Å². The molecule has 144 valence electrons. The number of rotatable bonds is 5. The van der Waals surface area contributed by atoms with Crippen LogP contribution in [-0.2, 0) is 13.5 Å². The number of hydrogen-bond acceptors (Lipinski definition) is 6. The van der Waals surface area contributed by atoms with Crippen molar-refractivity contribution in [2.75, 3.05) is 5.32 Å². The number of hydrogen-bond donors (Lipinski definition) is 1. The van der Waals surface area contributed by atoms with Crippen molar-refractivity contribution in [3.8, 4) is 11.3 Å². The van der Waals surface area contributed by atoms with Crippen molar-refractivity contribution < 1.29 is 0 Å². The predicted octanol–water partition coefficient (Wildman–Crippen LogP) is 3.06. The molecule has 2 atom stereocenters. The summed E-state index contributed by atoms with van der Waals surface area (Å²) in [5, 5.41) is 16.3. The van der Waals surface area contributed by atoms with Gasteiger partial charge in [-0.3, -0.25) is 9.08 Å². The van der Waals surface area contributed by atoms with Crippen LogP contribution in [0.15, 0.2) is 36.7 Å². The molecule has 9 heteroatoms. The summed E-state index contributed by atoms with van der Waals surface area (Å²) in [7, 11) is 7.90. The number of nitrogens with zero attached hydrogens (tertiary/aromatic N) is 7. The van der Waals surface area contributed by atoms with Crippen LogP contribution in [-0.4, -0.2) is 42.2 Å². The minimum absolute atomic E-state index is 0.152. The summed E-state index contributed by atoms with van der Waals surface area (Å²) in [6.45, 7) is 2.04. The molecule has 0 amide bonds. The lowest BCUT2D eigenvalue weighted by atomic mass is 9.79. The Morgan fingerprint density at radius 2 is 2.14 bits per heavy atom. The molecular weight excluding hydrogens is 363 g/mol. The Morgan fingerprint density at radius 1 is 1.24 bits per heavy atom. The summed E-state index contributed by atoms with van der Waals surface area (Å²) in [5.41, 5.74) is 3.90. The van der Waals surface area contributed by atoms with E-state index in [2.05, 4.69) is 41.0 Å². The number of pyridine rings is 1. The molecule has 29 heavy (non-hydrogen) atoms. The van der Waals surface area contributed by atoms with Gasteiger partial charge in [-0.1, -0.05) is 12.7 Å². The van der Waals surface area contributed by atoms with Crippen LogP contribution in [0, 0.1) is 0 Å². The Morgan fingerprint density at radius 3 is 2.93 bits per heavy atom. The predicted molar refractivity (Wildman–Crippen MR) is 111 cm³/mol. The molecule has 5 heterocycles. The molecule has 0 bridgehead atoms. The molecule has 4 aromatic heterocycles. The third kappa shape index (κ3) is 3.26. The van der Waals surface area contributed by atoms with Crippen molar-refractivity contribution in [3.05, 3.63) is 48.2 Å². The van der Waals surface area contributed by atoms with Gasteiger partial charge in [-0.15, -0.1) is 10.2 Å². The quantitative estimate of drug-likeness (QED) is 0.533. The highest BCUT2D eigenvalue weighted by atomic mass is 15.3. The molecule has 0 saturated heterocycles. The van der Waals surface area contributed by atoms with Crippen LogP contribution in [0.2, 0.25) is 5.82 Å². The molecule has 4 aromatic rings. The van der Waals surface area contributed by atoms with Gasteiger partial charge in [0, 0.05) is 36.5 Å². The van der Waals surface area contributed by atoms with E-state index in [1.807, 2.05) is 32.2 Å². The highest BCUT2D eigenvalue weighted by molar-refractivity contribution is 6.11. The Bertz CT molecular complexity index is 1180. The molecule has 1 N–H and O–H groups in total. The van der Waals surface area contributed by atoms with Crippen molar-refractivity contribution in [2.24, 2.45) is 7.05 Å². The van der Waals surface area contributed by atoms with Crippen LogP contribution in [0.4, 0.5) is 11.8 Å². The largest absolute Gasteiger partial charge is 0.309 e. The second kappa shape index (κ2) is 6.99. The zero-order chi connectivity index (χ0) is 20.0. The van der Waals surface area contributed by atoms with E-state index in [1.165, 1.54) is 5.69 Å². The van der Waals surface area contributed by atoms with Gasteiger partial charge in [-0.05, 0) is 37.5 Å². The fraction of sp³-hybridized carbons (Fsp3) is 0.350. The van der Waals surface area contributed by atoms with E-state index in [1.54, 1.807) is 17.1 Å². The van der Waals surface area contributed by atoms with Crippen LogP contribution in [0.1, 0.15) is 37.2 Å². The van der Waals surface area contributed by atoms with Crippen molar-refractivity contribution in [3.63, 3.8) is 0 Å². The fourth-order valence-electron chi connectivity index (χ4n) is 4.03. The normalized spacial score (nSPS) is 16.8. The van der Waals surface area contributed by atoms with E-state index in [0.717, 1.165) is 47.8 Å². The lowest BCUT2D eigenvalue weighted by Crippen LogP contribution is -2.16. The molecule has 2 radical (unpaired) electrons. The zero-order valence-electron chi connectivity index (χ0n) is 16.4. The molecule has 0 spiro atoms. The van der Waals surface area contributed by atoms with Crippen molar-refractivity contribution in [1.29, 1.82) is 0 Å². The van der Waals surface area contributed by atoms with Gasteiger partial charge in [-0.2, -0.15) is 5.10 Å². The zero-order valence-corrected chi connectivity index (χ0v) is 16.4. The third-order valence-electron chi connectivity index (χ3n) is 5.39. The summed E-state index contributed by atoms with van der Waals surface area (Å²) in [5.74, 6) is 2.89. The number of aryl methyl sites for hydroxylation is 2. The smallest absolute Gasteiger partial charge is 0.228 e. The molecule has 1 aliphatic heterocycles. The second-order valence-corrected chi connectivity index (χ2v) is 7.67. The van der Waals surface area contributed by atoms with Gasteiger partial charge >= 0.3 is 0 Å². The van der Waals surface area contributed by atoms with Gasteiger partial charge in [-0.25, -0.2) is 9.97 Å². The standard InChI is InChI=1S/C20H21BN8/c1-12(21)9-13-3-4-15-10-14(11-18-26-27-19(13)29(15)18)16-5-7-22-20(24-16)25-17-6-8-23-28(17)2/h5-8,10-13H,3-4,9H2,1-2H3,(H,22,24,25). The van der Waals surface area contributed by atoms with Gasteiger partial charge in [0.1, 0.15) is 11.6 Å². The first-order chi connectivity index (χ1) is 14.1. The van der Waals surface area contributed by atoms with Gasteiger partial charge < -0.3 is 5.32 Å². The van der Waals surface area contributed by atoms with E-state index >= 15 is 0 Å². The molecule has 5 rings (SSSR count). The Labute approximate surface area is 169 Å². The molecule has 1 aliphatic rings. The number of anilines is 2. The molecule has 0 aliphatic carbocycles. The minimum Gasteiger partial charge on any atom is -0.309 e. The van der Waals surface area contributed by atoms with Crippen LogP contribution in [0.25, 0.3) is 16.9 Å². The van der Waals surface area contributed by atoms with E-state index < -0.39 is 0 Å². The average Bonchev–Trinajstić information content (AvgIpc) is 3.31. The van der Waals surface area contributed by atoms with Crippen molar-refractivity contribution in [2.45, 2.75) is 37.9 Å². The van der Waals surface area contributed by atoms with Gasteiger partial charge in [0.15, 0.2) is 5.65 Å². The summed E-state index contributed by atoms with van der Waals surface area (Å²) in [6.07, 6.45) is 6.42. The lowest BCUT2D eigenvalue weighted by molar-refractivity contribution is 0.503. The molecule has 0 fully saturated rings. The highest BCUT2D eigenvalue weighted by Gasteiger charge is 2.26. The van der Waals surface area contributed by atoms with Crippen LogP contribution >= 0.6 is 0 Å². The van der Waals surface area contributed by atoms with Crippen molar-refractivity contribution >= 4 is 25.3 Å². The summed E-state index contributed by atoms with van der Waals surface area (Å²) < 4.78 is 3.92. The highest BCUT2D eigenvalue weighted by Crippen LogP contribution is 2.35. The second-order valence-electron chi connectivity index (χ2n) is 7.67. The van der Waals surface area contributed by atoms with E-state index in [4.69, 9.17) is 7.85 Å². The van der Waals surface area contributed by atoms with Crippen LogP contribution in [0.5, 0.6) is 0 Å². The molecule has 0 aromatic carbocycles. The minimum atomic E-state index is 0.152. The van der Waals surface area contributed by atoms with E-state index in [0.29, 0.717) is 11.9 Å². The van der Waals surface area contributed by atoms with Gasteiger partial charge in [0.25, 0.3) is 0 Å². The lowest BCUT2D eigenvalue weighted by Gasteiger charge is -2.24.